The van der Waals surface area contributed by atoms with Crippen LogP contribution in [0.1, 0.15) is 12.0 Å². The van der Waals surface area contributed by atoms with Crippen LogP contribution in [-0.4, -0.2) is 21.6 Å². The van der Waals surface area contributed by atoms with Crippen molar-refractivity contribution in [2.75, 3.05) is 6.54 Å². The summed E-state index contributed by atoms with van der Waals surface area (Å²) in [4.78, 5) is 36.6. The zero-order valence-electron chi connectivity index (χ0n) is 14.6. The van der Waals surface area contributed by atoms with Crippen molar-refractivity contribution in [1.29, 1.82) is 0 Å². The number of nitrogens with zero attached hydrogens (tertiary/aromatic N) is 2. The first kappa shape index (κ1) is 17.7. The predicted molar refractivity (Wildman–Crippen MR) is 101 cm³/mol. The van der Waals surface area contributed by atoms with E-state index in [0.29, 0.717) is 17.6 Å². The molecule has 0 spiro atoms. The standard InChI is InChI=1S/C20H21N3O3/c1-22-16-11-5-6-12-17(16)23(20(26)19(22)25)14-18(24)21-13-7-10-15-8-3-2-4-9-15/h2-6,8-9,11-12H,7,10,13-14H2,1H3,(H,21,24). The summed E-state index contributed by atoms with van der Waals surface area (Å²) in [5.41, 5.74) is 1.08. The van der Waals surface area contributed by atoms with E-state index < -0.39 is 11.1 Å². The molecule has 0 aliphatic carbocycles. The third-order valence-corrected chi connectivity index (χ3v) is 4.38. The highest BCUT2D eigenvalue weighted by molar-refractivity contribution is 5.80. The molecule has 1 amide bonds. The van der Waals surface area contributed by atoms with Crippen LogP contribution in [0.4, 0.5) is 0 Å². The van der Waals surface area contributed by atoms with Crippen LogP contribution < -0.4 is 16.4 Å². The number of aromatic nitrogens is 2. The van der Waals surface area contributed by atoms with Crippen molar-refractivity contribution in [2.24, 2.45) is 7.05 Å². The van der Waals surface area contributed by atoms with Gasteiger partial charge in [0.25, 0.3) is 0 Å². The lowest BCUT2D eigenvalue weighted by Crippen LogP contribution is -2.43. The molecule has 1 aromatic heterocycles. The maximum atomic E-state index is 12.3. The zero-order chi connectivity index (χ0) is 18.5. The molecule has 26 heavy (non-hydrogen) atoms. The van der Waals surface area contributed by atoms with Crippen molar-refractivity contribution in [1.82, 2.24) is 14.5 Å². The summed E-state index contributed by atoms with van der Waals surface area (Å²) in [6.07, 6.45) is 1.68. The van der Waals surface area contributed by atoms with E-state index >= 15 is 0 Å². The molecule has 3 rings (SSSR count). The van der Waals surface area contributed by atoms with Gasteiger partial charge in [-0.15, -0.1) is 0 Å². The minimum Gasteiger partial charge on any atom is -0.355 e. The summed E-state index contributed by atoms with van der Waals surface area (Å²) in [5.74, 6) is -0.279. The molecule has 2 aromatic carbocycles. The number of carbonyl (C=O) groups is 1. The van der Waals surface area contributed by atoms with Crippen molar-refractivity contribution in [3.05, 3.63) is 80.9 Å². The largest absolute Gasteiger partial charge is 0.355 e. The van der Waals surface area contributed by atoms with Crippen molar-refractivity contribution in [3.63, 3.8) is 0 Å². The van der Waals surface area contributed by atoms with E-state index in [1.807, 2.05) is 30.3 Å². The molecule has 0 fully saturated rings. The number of amides is 1. The first-order chi connectivity index (χ1) is 12.6. The second-order valence-electron chi connectivity index (χ2n) is 6.18. The van der Waals surface area contributed by atoms with Gasteiger partial charge in [0.2, 0.25) is 5.91 Å². The highest BCUT2D eigenvalue weighted by Gasteiger charge is 2.13. The fraction of sp³-hybridized carbons (Fsp3) is 0.250. The molecule has 6 nitrogen and oxygen atoms in total. The Morgan fingerprint density at radius 3 is 2.31 bits per heavy atom. The van der Waals surface area contributed by atoms with E-state index in [2.05, 4.69) is 5.32 Å². The summed E-state index contributed by atoms with van der Waals surface area (Å²) in [6.45, 7) is 0.353. The number of rotatable bonds is 6. The molecule has 0 saturated heterocycles. The molecule has 0 aliphatic heterocycles. The van der Waals surface area contributed by atoms with Gasteiger partial charge in [-0.3, -0.25) is 19.0 Å². The molecule has 0 aliphatic rings. The van der Waals surface area contributed by atoms with Gasteiger partial charge < -0.3 is 9.88 Å². The van der Waals surface area contributed by atoms with E-state index in [9.17, 15) is 14.4 Å². The summed E-state index contributed by atoms with van der Waals surface area (Å²) in [5, 5.41) is 2.82. The Morgan fingerprint density at radius 1 is 0.923 bits per heavy atom. The summed E-state index contributed by atoms with van der Waals surface area (Å²) in [6, 6.07) is 17.1. The van der Waals surface area contributed by atoms with E-state index in [0.717, 1.165) is 12.8 Å². The van der Waals surface area contributed by atoms with Gasteiger partial charge in [-0.2, -0.15) is 0 Å². The first-order valence-corrected chi connectivity index (χ1v) is 8.57. The van der Waals surface area contributed by atoms with Crippen LogP contribution in [0.2, 0.25) is 0 Å². The smallest absolute Gasteiger partial charge is 0.317 e. The Bertz CT molecular complexity index is 1040. The van der Waals surface area contributed by atoms with Gasteiger partial charge in [0.05, 0.1) is 11.0 Å². The molecule has 1 N–H and O–H groups in total. The van der Waals surface area contributed by atoms with Gasteiger partial charge in [0.1, 0.15) is 6.54 Å². The molecule has 0 radical (unpaired) electrons. The normalized spacial score (nSPS) is 10.8. The Labute approximate surface area is 150 Å². The second-order valence-corrected chi connectivity index (χ2v) is 6.18. The summed E-state index contributed by atoms with van der Waals surface area (Å²) >= 11 is 0. The highest BCUT2D eigenvalue weighted by Crippen LogP contribution is 2.09. The number of nitrogens with one attached hydrogen (secondary N) is 1. The minimum absolute atomic E-state index is 0.166. The van der Waals surface area contributed by atoms with Crippen LogP contribution >= 0.6 is 0 Å². The minimum atomic E-state index is -0.689. The van der Waals surface area contributed by atoms with Crippen LogP contribution in [0.5, 0.6) is 0 Å². The van der Waals surface area contributed by atoms with Gasteiger partial charge in [-0.05, 0) is 30.5 Å². The number of hydrogen-bond donors (Lipinski definition) is 1. The van der Waals surface area contributed by atoms with E-state index in [1.54, 1.807) is 31.3 Å². The molecule has 0 bridgehead atoms. The van der Waals surface area contributed by atoms with Gasteiger partial charge in [-0.1, -0.05) is 42.5 Å². The Morgan fingerprint density at radius 2 is 1.58 bits per heavy atom. The van der Waals surface area contributed by atoms with E-state index in [1.165, 1.54) is 14.7 Å². The van der Waals surface area contributed by atoms with Crippen LogP contribution in [0.3, 0.4) is 0 Å². The van der Waals surface area contributed by atoms with Gasteiger partial charge in [0, 0.05) is 13.6 Å². The Kier molecular flexibility index (Phi) is 5.31. The molecule has 134 valence electrons. The third-order valence-electron chi connectivity index (χ3n) is 4.38. The van der Waals surface area contributed by atoms with Crippen LogP contribution in [0.15, 0.2) is 64.2 Å². The molecular weight excluding hydrogens is 330 g/mol. The number of hydrogen-bond acceptors (Lipinski definition) is 3. The maximum absolute atomic E-state index is 12.3. The fourth-order valence-electron chi connectivity index (χ4n) is 2.98. The van der Waals surface area contributed by atoms with Crippen molar-refractivity contribution < 1.29 is 4.79 Å². The topological polar surface area (TPSA) is 73.1 Å². The average molecular weight is 351 g/mol. The molecule has 6 heteroatoms. The first-order valence-electron chi connectivity index (χ1n) is 8.57. The molecule has 0 unspecified atom stereocenters. The van der Waals surface area contributed by atoms with Crippen molar-refractivity contribution >= 4 is 16.9 Å². The van der Waals surface area contributed by atoms with E-state index in [-0.39, 0.29) is 12.5 Å². The van der Waals surface area contributed by atoms with Crippen LogP contribution in [-0.2, 0) is 24.8 Å². The molecule has 0 atom stereocenters. The third kappa shape index (κ3) is 3.74. The van der Waals surface area contributed by atoms with Crippen LogP contribution in [0, 0.1) is 0 Å². The number of carbonyl (C=O) groups excluding carboxylic acids is 1. The van der Waals surface area contributed by atoms with E-state index in [4.69, 9.17) is 0 Å². The lowest BCUT2D eigenvalue weighted by atomic mass is 10.1. The summed E-state index contributed by atoms with van der Waals surface area (Å²) < 4.78 is 2.55. The lowest BCUT2D eigenvalue weighted by Gasteiger charge is -2.12. The number of para-hydroxylation sites is 2. The molecule has 0 saturated carbocycles. The lowest BCUT2D eigenvalue weighted by molar-refractivity contribution is -0.121. The number of benzene rings is 2. The quantitative estimate of drug-likeness (QED) is 0.540. The summed E-state index contributed by atoms with van der Waals surface area (Å²) in [7, 11) is 1.56. The van der Waals surface area contributed by atoms with Gasteiger partial charge >= 0.3 is 11.1 Å². The van der Waals surface area contributed by atoms with Crippen molar-refractivity contribution in [2.45, 2.75) is 19.4 Å². The molecule has 3 aromatic rings. The van der Waals surface area contributed by atoms with Gasteiger partial charge in [0.15, 0.2) is 0 Å². The second kappa shape index (κ2) is 7.82. The monoisotopic (exact) mass is 351 g/mol. The van der Waals surface area contributed by atoms with Crippen molar-refractivity contribution in [3.8, 4) is 0 Å². The van der Waals surface area contributed by atoms with Crippen LogP contribution in [0.25, 0.3) is 11.0 Å². The Balaban J connectivity index is 1.68. The Hall–Kier alpha value is -3.15. The molecule has 1 heterocycles. The fourth-order valence-corrected chi connectivity index (χ4v) is 2.98. The predicted octanol–water partition coefficient (Wildman–Crippen LogP) is 1.45. The van der Waals surface area contributed by atoms with Gasteiger partial charge in [-0.25, -0.2) is 0 Å². The number of aryl methyl sites for hydroxylation is 2. The molecular formula is C20H21N3O3. The maximum Gasteiger partial charge on any atom is 0.317 e. The average Bonchev–Trinajstić information content (AvgIpc) is 2.68. The zero-order valence-corrected chi connectivity index (χ0v) is 14.6. The number of fused-ring (bicyclic) bond motifs is 1. The highest BCUT2D eigenvalue weighted by atomic mass is 16.2. The SMILES string of the molecule is Cn1c(=O)c(=O)n(CC(=O)NCCCc2ccccc2)c2ccccc21.